The van der Waals surface area contributed by atoms with E-state index in [1.165, 1.54) is 74.3 Å². The Morgan fingerprint density at radius 3 is 2.17 bits per heavy atom. The van der Waals surface area contributed by atoms with E-state index in [1.807, 2.05) is 0 Å². The molecule has 0 aliphatic carbocycles. The van der Waals surface area contributed by atoms with E-state index in [0.29, 0.717) is 46.1 Å². The third-order valence-electron chi connectivity index (χ3n) is 6.17. The first-order valence-electron chi connectivity index (χ1n) is 12.5. The number of aromatic nitrogens is 1. The van der Waals surface area contributed by atoms with Gasteiger partial charge in [0, 0.05) is 24.2 Å². The molecule has 0 spiro atoms. The first-order valence-corrected chi connectivity index (χ1v) is 14.8. The molecule has 4 rings (SSSR count). The second-order valence-electron chi connectivity index (χ2n) is 8.54. The topological polar surface area (TPSA) is 111 Å². The smallest absolute Gasteiger partial charge is 0.280 e. The fraction of sp³-hybridized carbons (Fsp3) is 0.250. The van der Waals surface area contributed by atoms with Crippen LogP contribution >= 0.6 is 11.3 Å². The lowest BCUT2D eigenvalue weighted by Gasteiger charge is -2.19. The zero-order chi connectivity index (χ0) is 29.7. The number of hydrogen-bond acceptors (Lipinski definition) is 9. The molecular weight excluding hydrogens is 571 g/mol. The summed E-state index contributed by atoms with van der Waals surface area (Å²) in [5, 5.41) is 5.70. The van der Waals surface area contributed by atoms with Crippen LogP contribution in [-0.2, 0) is 10.0 Å². The van der Waals surface area contributed by atoms with E-state index in [0.717, 1.165) is 16.3 Å². The van der Waals surface area contributed by atoms with Crippen LogP contribution in [0.5, 0.6) is 17.2 Å². The van der Waals surface area contributed by atoms with Crippen molar-refractivity contribution in [3.05, 3.63) is 71.5 Å². The van der Waals surface area contributed by atoms with E-state index < -0.39 is 21.7 Å². The van der Waals surface area contributed by atoms with E-state index in [1.54, 1.807) is 26.0 Å². The number of nitrogens with zero attached hydrogens (tertiary/aromatic N) is 4. The van der Waals surface area contributed by atoms with Crippen molar-refractivity contribution in [2.75, 3.05) is 39.4 Å². The van der Waals surface area contributed by atoms with Crippen molar-refractivity contribution in [1.82, 2.24) is 9.29 Å². The lowest BCUT2D eigenvalue weighted by Crippen LogP contribution is -2.30. The van der Waals surface area contributed by atoms with Crippen molar-refractivity contribution in [2.24, 2.45) is 5.10 Å². The number of hydrogen-bond donors (Lipinski definition) is 0. The lowest BCUT2D eigenvalue weighted by atomic mass is 10.2. The Kier molecular flexibility index (Phi) is 9.21. The van der Waals surface area contributed by atoms with Gasteiger partial charge in [-0.1, -0.05) is 25.2 Å². The Balaban J connectivity index is 1.76. The molecule has 3 aromatic carbocycles. The molecule has 0 aliphatic heterocycles. The Labute approximate surface area is 241 Å². The Bertz CT molecular complexity index is 1660. The third kappa shape index (κ3) is 6.16. The predicted octanol–water partition coefficient (Wildman–Crippen LogP) is 5.17. The molecule has 0 bridgehead atoms. The van der Waals surface area contributed by atoms with Gasteiger partial charge in [-0.15, -0.1) is 0 Å². The van der Waals surface area contributed by atoms with Gasteiger partial charge in [0.1, 0.15) is 5.82 Å². The summed E-state index contributed by atoms with van der Waals surface area (Å²) in [6.45, 7) is 4.15. The zero-order valence-electron chi connectivity index (χ0n) is 23.1. The van der Waals surface area contributed by atoms with E-state index in [4.69, 9.17) is 14.2 Å². The Morgan fingerprint density at radius 1 is 0.976 bits per heavy atom. The zero-order valence-corrected chi connectivity index (χ0v) is 24.8. The number of rotatable bonds is 11. The molecule has 0 atom stereocenters. The average Bonchev–Trinajstić information content (AvgIpc) is 3.39. The van der Waals surface area contributed by atoms with Gasteiger partial charge in [0.15, 0.2) is 11.5 Å². The molecular formula is C28H29FN4O6S2. The van der Waals surface area contributed by atoms with Crippen molar-refractivity contribution in [2.45, 2.75) is 18.7 Å². The highest BCUT2D eigenvalue weighted by Crippen LogP contribution is 2.38. The van der Waals surface area contributed by atoms with E-state index >= 15 is 0 Å². The Hall–Kier alpha value is -4.07. The van der Waals surface area contributed by atoms with Gasteiger partial charge in [-0.2, -0.15) is 14.4 Å². The van der Waals surface area contributed by atoms with Crippen LogP contribution in [0.25, 0.3) is 10.2 Å². The maximum atomic E-state index is 13.9. The van der Waals surface area contributed by atoms with Gasteiger partial charge < -0.3 is 14.2 Å². The second-order valence-corrected chi connectivity index (χ2v) is 11.5. The third-order valence-corrected chi connectivity index (χ3v) is 9.22. The van der Waals surface area contributed by atoms with Crippen LogP contribution in [0.15, 0.2) is 64.6 Å². The molecule has 10 nitrogen and oxygen atoms in total. The standard InChI is InChI=1S/C28H29FN4O6S2/c1-6-32(7-2)41(35,36)21-11-8-19(9-12-21)27(34)33(28-31-22-13-10-20(29)16-25(22)40-28)30-17-18-14-23(37-3)26(39-5)24(15-18)38-4/h8-17H,6-7H2,1-5H3/b30-17+. The van der Waals surface area contributed by atoms with Gasteiger partial charge in [0.2, 0.25) is 20.9 Å². The summed E-state index contributed by atoms with van der Waals surface area (Å²) >= 11 is 1.08. The molecule has 0 radical (unpaired) electrons. The highest BCUT2D eigenvalue weighted by molar-refractivity contribution is 7.89. The first-order chi connectivity index (χ1) is 19.7. The van der Waals surface area contributed by atoms with Gasteiger partial charge in [0.05, 0.1) is 42.7 Å². The van der Waals surface area contributed by atoms with Crippen LogP contribution in [0, 0.1) is 5.82 Å². The monoisotopic (exact) mass is 600 g/mol. The molecule has 0 saturated carbocycles. The number of sulfonamides is 1. The number of ether oxygens (including phenoxy) is 3. The summed E-state index contributed by atoms with van der Waals surface area (Å²) in [7, 11) is 0.754. The Morgan fingerprint density at radius 2 is 1.61 bits per heavy atom. The van der Waals surface area contributed by atoms with Gasteiger partial charge in [-0.05, 0) is 54.6 Å². The van der Waals surface area contributed by atoms with E-state index in [-0.39, 0.29) is 15.6 Å². The summed E-state index contributed by atoms with van der Waals surface area (Å²) in [5.41, 5.74) is 1.20. The largest absolute Gasteiger partial charge is 0.493 e. The summed E-state index contributed by atoms with van der Waals surface area (Å²) in [4.78, 5) is 18.3. The number of benzene rings is 3. The number of amides is 1. The fourth-order valence-electron chi connectivity index (χ4n) is 4.07. The van der Waals surface area contributed by atoms with Crippen LogP contribution in [0.4, 0.5) is 9.52 Å². The number of methoxy groups -OCH3 is 3. The van der Waals surface area contributed by atoms with Crippen molar-refractivity contribution < 1.29 is 31.8 Å². The highest BCUT2D eigenvalue weighted by atomic mass is 32.2. The first kappa shape index (κ1) is 29.9. The molecule has 13 heteroatoms. The van der Waals surface area contributed by atoms with Crippen LogP contribution < -0.4 is 19.2 Å². The summed E-state index contributed by atoms with van der Waals surface area (Å²) in [6.07, 6.45) is 1.42. The minimum atomic E-state index is -3.70. The van der Waals surface area contributed by atoms with Gasteiger partial charge in [0.25, 0.3) is 5.91 Å². The van der Waals surface area contributed by atoms with Gasteiger partial charge in [-0.3, -0.25) is 4.79 Å². The minimum absolute atomic E-state index is 0.0701. The number of hydrazone groups is 1. The SMILES string of the molecule is CCN(CC)S(=O)(=O)c1ccc(C(=O)N(/N=C/c2cc(OC)c(OC)c(OC)c2)c2nc3ccc(F)cc3s2)cc1. The molecule has 1 amide bonds. The maximum absolute atomic E-state index is 13.9. The molecule has 0 fully saturated rings. The lowest BCUT2D eigenvalue weighted by molar-refractivity contribution is 0.0987. The average molecular weight is 601 g/mol. The number of carbonyl (C=O) groups is 1. The minimum Gasteiger partial charge on any atom is -0.493 e. The van der Waals surface area contributed by atoms with Gasteiger partial charge in [-0.25, -0.2) is 17.8 Å². The molecule has 1 aromatic heterocycles. The van der Waals surface area contributed by atoms with Gasteiger partial charge >= 0.3 is 0 Å². The number of carbonyl (C=O) groups excluding carboxylic acids is 1. The molecule has 1 heterocycles. The molecule has 216 valence electrons. The number of halogens is 1. The van der Waals surface area contributed by atoms with Crippen molar-refractivity contribution in [3.8, 4) is 17.2 Å². The summed E-state index contributed by atoms with van der Waals surface area (Å²) in [5.74, 6) is 0.183. The van der Waals surface area contributed by atoms with Crippen molar-refractivity contribution in [1.29, 1.82) is 0 Å². The molecule has 4 aromatic rings. The fourth-order valence-corrected chi connectivity index (χ4v) is 6.48. The highest BCUT2D eigenvalue weighted by Gasteiger charge is 2.25. The quantitative estimate of drug-likeness (QED) is 0.173. The summed E-state index contributed by atoms with van der Waals surface area (Å²) < 4.78 is 57.7. The van der Waals surface area contributed by atoms with Crippen LogP contribution in [0.2, 0.25) is 0 Å². The van der Waals surface area contributed by atoms with E-state index in [9.17, 15) is 17.6 Å². The predicted molar refractivity (Wildman–Crippen MR) is 157 cm³/mol. The number of thiazole rings is 1. The van der Waals surface area contributed by atoms with E-state index in [2.05, 4.69) is 10.1 Å². The second kappa shape index (κ2) is 12.6. The van der Waals surface area contributed by atoms with Crippen LogP contribution in [-0.4, -0.2) is 64.2 Å². The van der Waals surface area contributed by atoms with Crippen LogP contribution in [0.1, 0.15) is 29.8 Å². The van der Waals surface area contributed by atoms with Crippen molar-refractivity contribution in [3.63, 3.8) is 0 Å². The maximum Gasteiger partial charge on any atom is 0.280 e. The molecule has 41 heavy (non-hydrogen) atoms. The molecule has 0 unspecified atom stereocenters. The number of fused-ring (bicyclic) bond motifs is 1. The normalized spacial score (nSPS) is 11.8. The van der Waals surface area contributed by atoms with Crippen LogP contribution in [0.3, 0.4) is 0 Å². The molecule has 0 saturated heterocycles. The number of anilines is 1. The molecule has 0 aliphatic rings. The molecule has 0 N–H and O–H groups in total. The summed E-state index contributed by atoms with van der Waals surface area (Å²) in [6, 6.07) is 13.1. The van der Waals surface area contributed by atoms with Crippen molar-refractivity contribution >= 4 is 48.8 Å².